The first kappa shape index (κ1) is 13.1. The lowest BCUT2D eigenvalue weighted by Crippen LogP contribution is -2.19. The fraction of sp³-hybridized carbons (Fsp3) is 0.222. The number of rotatable bonds is 3. The molecule has 0 bridgehead atoms. The van der Waals surface area contributed by atoms with Crippen LogP contribution in [0.2, 0.25) is 0 Å². The quantitative estimate of drug-likeness (QED) is 0.805. The molecule has 0 saturated heterocycles. The van der Waals surface area contributed by atoms with Crippen molar-refractivity contribution >= 4 is 16.9 Å². The Hall–Kier alpha value is -2.62. The highest BCUT2D eigenvalue weighted by atomic mass is 16.4. The number of carboxylic acids is 1. The van der Waals surface area contributed by atoms with Crippen molar-refractivity contribution in [2.45, 2.75) is 18.3 Å². The zero-order chi connectivity index (χ0) is 15.3. The summed E-state index contributed by atoms with van der Waals surface area (Å²) >= 11 is 0. The number of hydrogen-bond donors (Lipinski definition) is 1. The van der Waals surface area contributed by atoms with Gasteiger partial charge in [0.2, 0.25) is 0 Å². The van der Waals surface area contributed by atoms with E-state index in [4.69, 9.17) is 0 Å². The third-order valence-electron chi connectivity index (χ3n) is 4.65. The molecule has 4 rings (SSSR count). The molecule has 110 valence electrons. The van der Waals surface area contributed by atoms with Gasteiger partial charge in [-0.1, -0.05) is 24.3 Å². The maximum absolute atomic E-state index is 11.4. The first-order valence-corrected chi connectivity index (χ1v) is 7.36. The van der Waals surface area contributed by atoms with E-state index in [0.717, 1.165) is 22.3 Å². The molecule has 4 nitrogen and oxygen atoms in total. The van der Waals surface area contributed by atoms with Crippen LogP contribution in [0.5, 0.6) is 0 Å². The van der Waals surface area contributed by atoms with E-state index in [1.165, 1.54) is 5.39 Å². The third kappa shape index (κ3) is 1.77. The van der Waals surface area contributed by atoms with Crippen LogP contribution >= 0.6 is 0 Å². The lowest BCUT2D eigenvalue weighted by Gasteiger charge is -2.11. The molecular formula is C18H16N2O2. The van der Waals surface area contributed by atoms with Crippen LogP contribution in [0.25, 0.3) is 22.2 Å². The van der Waals surface area contributed by atoms with Gasteiger partial charge in [-0.2, -0.15) is 0 Å². The highest BCUT2D eigenvalue weighted by Crippen LogP contribution is 2.48. The molecule has 1 saturated carbocycles. The number of carbonyl (C=O) groups is 1. The zero-order valence-corrected chi connectivity index (χ0v) is 12.3. The van der Waals surface area contributed by atoms with E-state index < -0.39 is 11.4 Å². The molecule has 0 amide bonds. The number of aryl methyl sites for hydroxylation is 1. The van der Waals surface area contributed by atoms with Crippen LogP contribution in [-0.2, 0) is 17.3 Å². The molecule has 0 radical (unpaired) electrons. The van der Waals surface area contributed by atoms with Crippen molar-refractivity contribution in [3.05, 3.63) is 54.4 Å². The molecule has 1 aliphatic rings. The van der Waals surface area contributed by atoms with Crippen LogP contribution in [0, 0.1) is 0 Å². The van der Waals surface area contributed by atoms with Crippen molar-refractivity contribution in [2.75, 3.05) is 0 Å². The summed E-state index contributed by atoms with van der Waals surface area (Å²) in [5.74, 6) is -0.744. The Bertz CT molecular complexity index is 874. The van der Waals surface area contributed by atoms with E-state index in [-0.39, 0.29) is 0 Å². The van der Waals surface area contributed by atoms with Crippen LogP contribution in [0.4, 0.5) is 0 Å². The summed E-state index contributed by atoms with van der Waals surface area (Å²) in [5.41, 5.74) is 3.20. The molecular weight excluding hydrogens is 276 g/mol. The van der Waals surface area contributed by atoms with Gasteiger partial charge >= 0.3 is 5.97 Å². The fourth-order valence-electron chi connectivity index (χ4n) is 3.15. The zero-order valence-electron chi connectivity index (χ0n) is 12.3. The first-order chi connectivity index (χ1) is 10.6. The largest absolute Gasteiger partial charge is 0.481 e. The molecule has 1 aliphatic carbocycles. The normalized spacial score (nSPS) is 15.9. The average molecular weight is 292 g/mol. The van der Waals surface area contributed by atoms with Gasteiger partial charge in [0.1, 0.15) is 0 Å². The van der Waals surface area contributed by atoms with Crippen LogP contribution in [0.3, 0.4) is 0 Å². The maximum atomic E-state index is 11.4. The third-order valence-corrected chi connectivity index (χ3v) is 4.65. The molecule has 1 fully saturated rings. The van der Waals surface area contributed by atoms with Gasteiger partial charge in [-0.05, 0) is 30.5 Å². The van der Waals surface area contributed by atoms with Gasteiger partial charge in [-0.15, -0.1) is 0 Å². The summed E-state index contributed by atoms with van der Waals surface area (Å²) in [5, 5.41) is 10.5. The minimum Gasteiger partial charge on any atom is -0.481 e. The summed E-state index contributed by atoms with van der Waals surface area (Å²) in [7, 11) is 2.02. The number of para-hydroxylation sites is 1. The minimum atomic E-state index is -0.744. The molecule has 2 heterocycles. The van der Waals surface area contributed by atoms with E-state index in [2.05, 4.69) is 27.8 Å². The number of benzene rings is 1. The van der Waals surface area contributed by atoms with E-state index in [1.54, 1.807) is 6.20 Å². The Labute approximate surface area is 128 Å². The van der Waals surface area contributed by atoms with Gasteiger partial charge < -0.3 is 9.67 Å². The van der Waals surface area contributed by atoms with Crippen LogP contribution in [-0.4, -0.2) is 20.6 Å². The van der Waals surface area contributed by atoms with Crippen LogP contribution < -0.4 is 0 Å². The maximum Gasteiger partial charge on any atom is 0.314 e. The first-order valence-electron chi connectivity index (χ1n) is 7.36. The number of aromatic nitrogens is 2. The molecule has 1 aromatic carbocycles. The van der Waals surface area contributed by atoms with E-state index >= 15 is 0 Å². The Balaban J connectivity index is 1.80. The summed E-state index contributed by atoms with van der Waals surface area (Å²) in [4.78, 5) is 15.9. The number of pyridine rings is 1. The predicted octanol–water partition coefficient (Wildman–Crippen LogP) is 3.36. The molecule has 0 aliphatic heterocycles. The van der Waals surface area contributed by atoms with Crippen molar-refractivity contribution in [1.82, 2.24) is 9.55 Å². The van der Waals surface area contributed by atoms with Crippen molar-refractivity contribution < 1.29 is 9.90 Å². The highest BCUT2D eigenvalue weighted by molar-refractivity contribution is 5.94. The second-order valence-corrected chi connectivity index (χ2v) is 5.99. The van der Waals surface area contributed by atoms with Gasteiger partial charge in [0.25, 0.3) is 0 Å². The van der Waals surface area contributed by atoms with Crippen molar-refractivity contribution in [3.8, 4) is 11.3 Å². The summed E-state index contributed by atoms with van der Waals surface area (Å²) < 4.78 is 2.08. The monoisotopic (exact) mass is 292 g/mol. The Morgan fingerprint density at radius 2 is 2.05 bits per heavy atom. The number of aliphatic carboxylic acids is 1. The van der Waals surface area contributed by atoms with Crippen molar-refractivity contribution in [2.24, 2.45) is 7.05 Å². The van der Waals surface area contributed by atoms with E-state index in [9.17, 15) is 9.90 Å². The second-order valence-electron chi connectivity index (χ2n) is 5.99. The summed E-state index contributed by atoms with van der Waals surface area (Å²) in [6.45, 7) is 0. The lowest BCUT2D eigenvalue weighted by molar-refractivity contribution is -0.140. The topological polar surface area (TPSA) is 55.1 Å². The Morgan fingerprint density at radius 3 is 2.68 bits per heavy atom. The molecule has 0 spiro atoms. The number of nitrogens with zero attached hydrogens (tertiary/aromatic N) is 2. The average Bonchev–Trinajstić information content (AvgIpc) is 3.27. The number of carboxylic acid groups (broad SMARTS) is 1. The van der Waals surface area contributed by atoms with Crippen LogP contribution in [0.15, 0.2) is 48.8 Å². The Morgan fingerprint density at radius 1 is 1.23 bits per heavy atom. The smallest absolute Gasteiger partial charge is 0.314 e. The number of hydrogen-bond acceptors (Lipinski definition) is 2. The fourth-order valence-corrected chi connectivity index (χ4v) is 3.15. The Kier molecular flexibility index (Phi) is 2.64. The SMILES string of the molecule is Cn1ccc2cccc(-c3ccc(C4(C(=O)O)CC4)cn3)c21. The van der Waals surface area contributed by atoms with Gasteiger partial charge in [-0.3, -0.25) is 9.78 Å². The van der Waals surface area contributed by atoms with Crippen molar-refractivity contribution in [1.29, 1.82) is 0 Å². The van der Waals surface area contributed by atoms with E-state index in [0.29, 0.717) is 12.8 Å². The van der Waals surface area contributed by atoms with Gasteiger partial charge in [-0.25, -0.2) is 0 Å². The molecule has 1 N–H and O–H groups in total. The molecule has 0 atom stereocenters. The van der Waals surface area contributed by atoms with Gasteiger partial charge in [0.05, 0.1) is 16.6 Å². The summed E-state index contributed by atoms with van der Waals surface area (Å²) in [6.07, 6.45) is 5.16. The molecule has 0 unspecified atom stereocenters. The van der Waals surface area contributed by atoms with E-state index in [1.807, 2.05) is 31.4 Å². The van der Waals surface area contributed by atoms with Gasteiger partial charge in [0.15, 0.2) is 0 Å². The highest BCUT2D eigenvalue weighted by Gasteiger charge is 2.51. The standard InChI is InChI=1S/C18H16N2O2/c1-20-10-7-12-3-2-4-14(16(12)20)15-6-5-13(11-19-15)18(8-9-18)17(21)22/h2-7,10-11H,8-9H2,1H3,(H,21,22). The minimum absolute atomic E-state index is 0.692. The summed E-state index contributed by atoms with van der Waals surface area (Å²) in [6, 6.07) is 12.1. The predicted molar refractivity (Wildman–Crippen MR) is 84.7 cm³/mol. The second kappa shape index (κ2) is 4.44. The van der Waals surface area contributed by atoms with Crippen LogP contribution in [0.1, 0.15) is 18.4 Å². The lowest BCUT2D eigenvalue weighted by atomic mass is 9.97. The molecule has 2 aromatic heterocycles. The molecule has 22 heavy (non-hydrogen) atoms. The van der Waals surface area contributed by atoms with Gasteiger partial charge in [0, 0.05) is 30.4 Å². The molecule has 4 heteroatoms. The van der Waals surface area contributed by atoms with Crippen molar-refractivity contribution in [3.63, 3.8) is 0 Å². The number of fused-ring (bicyclic) bond motifs is 1. The molecule has 3 aromatic rings.